The Morgan fingerprint density at radius 3 is 2.73 bits per heavy atom. The Labute approximate surface area is 195 Å². The van der Waals surface area contributed by atoms with Gasteiger partial charge in [-0.3, -0.25) is 0 Å². The Balaban J connectivity index is 1.41. The maximum atomic E-state index is 9.59. The predicted octanol–water partition coefficient (Wildman–Crippen LogP) is 2.53. The largest absolute Gasteiger partial charge is 0.392 e. The topological polar surface area (TPSA) is 89.5 Å². The van der Waals surface area contributed by atoms with Crippen LogP contribution in [0, 0.1) is 0 Å². The van der Waals surface area contributed by atoms with Crippen LogP contribution < -0.4 is 10.2 Å². The number of aromatic amines is 1. The molecule has 5 rings (SSSR count). The van der Waals surface area contributed by atoms with E-state index in [1.165, 1.54) is 32.4 Å². The molecule has 1 aromatic carbocycles. The fourth-order valence-electron chi connectivity index (χ4n) is 4.76. The van der Waals surface area contributed by atoms with E-state index < -0.39 is 0 Å². The number of nitrogens with one attached hydrogen (secondary N) is 2. The molecule has 3 aromatic rings. The van der Waals surface area contributed by atoms with Crippen molar-refractivity contribution < 1.29 is 9.84 Å². The zero-order chi connectivity index (χ0) is 22.5. The first-order valence-corrected chi connectivity index (χ1v) is 12.2. The average Bonchev–Trinajstić information content (AvgIpc) is 3.30. The summed E-state index contributed by atoms with van der Waals surface area (Å²) in [4.78, 5) is 18.2. The number of H-pyrrole nitrogens is 1. The van der Waals surface area contributed by atoms with Crippen LogP contribution in [-0.4, -0.2) is 77.4 Å². The van der Waals surface area contributed by atoms with Crippen molar-refractivity contribution >= 4 is 16.9 Å². The van der Waals surface area contributed by atoms with Gasteiger partial charge in [-0.2, -0.15) is 0 Å². The Kier molecular flexibility index (Phi) is 7.16. The third-order valence-corrected chi connectivity index (χ3v) is 6.63. The maximum absolute atomic E-state index is 9.59. The number of morpholine rings is 1. The zero-order valence-electron chi connectivity index (χ0n) is 19.2. The molecule has 0 spiro atoms. The summed E-state index contributed by atoms with van der Waals surface area (Å²) in [7, 11) is 0. The Bertz CT molecular complexity index is 1060. The molecule has 8 nitrogen and oxygen atoms in total. The van der Waals surface area contributed by atoms with E-state index >= 15 is 0 Å². The number of benzene rings is 1. The van der Waals surface area contributed by atoms with Crippen molar-refractivity contribution in [3.05, 3.63) is 41.6 Å². The number of hydrogen-bond donors (Lipinski definition) is 3. The van der Waals surface area contributed by atoms with Crippen molar-refractivity contribution in [3.63, 3.8) is 0 Å². The van der Waals surface area contributed by atoms with Gasteiger partial charge >= 0.3 is 0 Å². The molecule has 2 saturated heterocycles. The fraction of sp³-hybridized carbons (Fsp3) is 0.520. The van der Waals surface area contributed by atoms with E-state index in [4.69, 9.17) is 14.7 Å². The van der Waals surface area contributed by atoms with Crippen LogP contribution >= 0.6 is 0 Å². The average molecular weight is 451 g/mol. The van der Waals surface area contributed by atoms with Gasteiger partial charge in [0.2, 0.25) is 0 Å². The number of hydrogen-bond acceptors (Lipinski definition) is 7. The molecule has 0 bridgehead atoms. The highest BCUT2D eigenvalue weighted by atomic mass is 16.5. The van der Waals surface area contributed by atoms with E-state index in [0.717, 1.165) is 66.3 Å². The van der Waals surface area contributed by atoms with E-state index in [-0.39, 0.29) is 6.61 Å². The second kappa shape index (κ2) is 10.6. The summed E-state index contributed by atoms with van der Waals surface area (Å²) in [5.41, 5.74) is 4.87. The van der Waals surface area contributed by atoms with E-state index in [2.05, 4.69) is 26.3 Å². The van der Waals surface area contributed by atoms with Gasteiger partial charge in [-0.1, -0.05) is 24.6 Å². The lowest BCUT2D eigenvalue weighted by Gasteiger charge is -2.28. The second-order valence-electron chi connectivity index (χ2n) is 8.95. The van der Waals surface area contributed by atoms with Crippen molar-refractivity contribution in [1.29, 1.82) is 0 Å². The molecule has 33 heavy (non-hydrogen) atoms. The number of ether oxygens (including phenoxy) is 1. The number of anilines is 1. The molecule has 2 aromatic heterocycles. The lowest BCUT2D eigenvalue weighted by molar-refractivity contribution is 0.122. The van der Waals surface area contributed by atoms with Crippen LogP contribution in [0.15, 0.2) is 30.5 Å². The third-order valence-electron chi connectivity index (χ3n) is 6.63. The van der Waals surface area contributed by atoms with Gasteiger partial charge in [0.05, 0.1) is 25.3 Å². The lowest BCUT2D eigenvalue weighted by atomic mass is 10.1. The fourth-order valence-corrected chi connectivity index (χ4v) is 4.76. The molecule has 2 aliphatic heterocycles. The van der Waals surface area contributed by atoms with Gasteiger partial charge in [0.1, 0.15) is 5.52 Å². The molecule has 8 heteroatoms. The molecule has 2 fully saturated rings. The van der Waals surface area contributed by atoms with Crippen LogP contribution in [0.4, 0.5) is 5.82 Å². The van der Waals surface area contributed by atoms with Gasteiger partial charge in [-0.05, 0) is 37.6 Å². The minimum absolute atomic E-state index is 0.00273. The summed E-state index contributed by atoms with van der Waals surface area (Å²) in [6, 6.07) is 7.84. The first kappa shape index (κ1) is 22.3. The summed E-state index contributed by atoms with van der Waals surface area (Å²) in [6.45, 7) is 8.30. The van der Waals surface area contributed by atoms with Crippen LogP contribution in [0.25, 0.3) is 22.4 Å². The minimum atomic E-state index is 0.00273. The molecule has 0 atom stereocenters. The molecular formula is C25H34N6O2. The first-order chi connectivity index (χ1) is 16.3. The summed E-state index contributed by atoms with van der Waals surface area (Å²) in [5, 5.41) is 13.2. The number of piperidine rings is 1. The Hall–Kier alpha value is -2.52. The zero-order valence-corrected chi connectivity index (χ0v) is 19.2. The Morgan fingerprint density at radius 2 is 1.91 bits per heavy atom. The molecular weight excluding hydrogens is 416 g/mol. The van der Waals surface area contributed by atoms with Gasteiger partial charge in [-0.25, -0.2) is 9.97 Å². The molecule has 0 saturated carbocycles. The van der Waals surface area contributed by atoms with Crippen molar-refractivity contribution in [3.8, 4) is 11.4 Å². The van der Waals surface area contributed by atoms with Crippen LogP contribution in [0.5, 0.6) is 0 Å². The Morgan fingerprint density at radius 1 is 1.06 bits per heavy atom. The molecule has 0 radical (unpaired) electrons. The third kappa shape index (κ3) is 5.19. The molecule has 3 N–H and O–H groups in total. The lowest BCUT2D eigenvalue weighted by Crippen LogP contribution is -2.37. The number of nitrogens with zero attached hydrogens (tertiary/aromatic N) is 4. The molecule has 0 aliphatic carbocycles. The first-order valence-electron chi connectivity index (χ1n) is 12.2. The highest BCUT2D eigenvalue weighted by molar-refractivity contribution is 5.90. The number of fused-ring (bicyclic) bond motifs is 1. The van der Waals surface area contributed by atoms with Gasteiger partial charge in [0.15, 0.2) is 11.6 Å². The number of likely N-dealkylation sites (tertiary alicyclic amines) is 1. The highest BCUT2D eigenvalue weighted by Crippen LogP contribution is 2.30. The van der Waals surface area contributed by atoms with Gasteiger partial charge in [-0.15, -0.1) is 0 Å². The minimum Gasteiger partial charge on any atom is -0.392 e. The predicted molar refractivity (Wildman–Crippen MR) is 130 cm³/mol. The van der Waals surface area contributed by atoms with Crippen LogP contribution in [0.3, 0.4) is 0 Å². The molecule has 2 aliphatic rings. The normalized spacial score (nSPS) is 17.7. The smallest absolute Gasteiger partial charge is 0.162 e. The summed E-state index contributed by atoms with van der Waals surface area (Å²) >= 11 is 0. The summed E-state index contributed by atoms with van der Waals surface area (Å²) < 4.78 is 5.56. The van der Waals surface area contributed by atoms with Crippen molar-refractivity contribution in [2.75, 3.05) is 57.4 Å². The number of aromatic nitrogens is 3. The summed E-state index contributed by atoms with van der Waals surface area (Å²) in [6.07, 6.45) is 6.08. The highest BCUT2D eigenvalue weighted by Gasteiger charge is 2.21. The van der Waals surface area contributed by atoms with Gasteiger partial charge in [0, 0.05) is 50.0 Å². The van der Waals surface area contributed by atoms with Crippen LogP contribution in [-0.2, 0) is 17.9 Å². The van der Waals surface area contributed by atoms with E-state index in [9.17, 15) is 5.11 Å². The maximum Gasteiger partial charge on any atom is 0.162 e. The van der Waals surface area contributed by atoms with Crippen LogP contribution in [0.2, 0.25) is 0 Å². The van der Waals surface area contributed by atoms with E-state index in [1.54, 1.807) is 0 Å². The molecule has 0 amide bonds. The van der Waals surface area contributed by atoms with Gasteiger partial charge in [0.25, 0.3) is 0 Å². The number of aliphatic hydroxyl groups excluding tert-OH is 1. The van der Waals surface area contributed by atoms with Crippen molar-refractivity contribution in [1.82, 2.24) is 25.2 Å². The molecule has 4 heterocycles. The van der Waals surface area contributed by atoms with Crippen LogP contribution in [0.1, 0.15) is 30.4 Å². The van der Waals surface area contributed by atoms with Crippen molar-refractivity contribution in [2.24, 2.45) is 0 Å². The standard InChI is InChI=1S/C25H34N6O2/c32-18-19-5-4-6-20(15-19)24-28-22-21(16-26-7-10-30-8-2-1-3-9-30)17-27-23(22)25(29-24)31-11-13-33-14-12-31/h4-6,15,17,26-27,32H,1-3,7-14,16,18H2. The van der Waals surface area contributed by atoms with Gasteiger partial charge < -0.3 is 29.9 Å². The second-order valence-corrected chi connectivity index (χ2v) is 8.95. The SMILES string of the molecule is OCc1cccc(-c2nc(N3CCOCC3)c3[nH]cc(CNCCN4CCCCC4)c3n2)c1. The summed E-state index contributed by atoms with van der Waals surface area (Å²) in [5.74, 6) is 1.61. The van der Waals surface area contributed by atoms with Crippen molar-refractivity contribution in [2.45, 2.75) is 32.4 Å². The quantitative estimate of drug-likeness (QED) is 0.455. The number of aliphatic hydroxyl groups is 1. The monoisotopic (exact) mass is 450 g/mol. The molecule has 176 valence electrons. The molecule has 0 unspecified atom stereocenters. The van der Waals surface area contributed by atoms with E-state index in [0.29, 0.717) is 19.0 Å². The van der Waals surface area contributed by atoms with E-state index in [1.807, 2.05) is 24.3 Å². The number of rotatable bonds is 8.